The van der Waals surface area contributed by atoms with Crippen LogP contribution in [0.2, 0.25) is 0 Å². The maximum Gasteiger partial charge on any atom is 0.494 e. The van der Waals surface area contributed by atoms with Crippen LogP contribution in [0.5, 0.6) is 0 Å². The summed E-state index contributed by atoms with van der Waals surface area (Å²) in [5.41, 5.74) is 2.81. The van der Waals surface area contributed by atoms with Crippen LogP contribution in [0.4, 0.5) is 21.9 Å². The van der Waals surface area contributed by atoms with E-state index < -0.39 is 7.12 Å². The van der Waals surface area contributed by atoms with Gasteiger partial charge in [-0.2, -0.15) is 0 Å². The Labute approximate surface area is 191 Å². The van der Waals surface area contributed by atoms with Crippen molar-refractivity contribution in [3.8, 4) is 0 Å². The molecule has 4 rings (SSSR count). The van der Waals surface area contributed by atoms with Gasteiger partial charge < -0.3 is 29.7 Å². The van der Waals surface area contributed by atoms with Gasteiger partial charge in [-0.05, 0) is 76.6 Å². The lowest BCUT2D eigenvalue weighted by atomic mass is 9.79. The van der Waals surface area contributed by atoms with Gasteiger partial charge in [0.15, 0.2) is 0 Å². The molecule has 2 fully saturated rings. The Morgan fingerprint density at radius 2 is 1.28 bits per heavy atom. The fourth-order valence-corrected chi connectivity index (χ4v) is 3.82. The molecule has 2 heterocycles. The molecule has 2 amide bonds. The van der Waals surface area contributed by atoms with Gasteiger partial charge in [0.05, 0.1) is 11.2 Å². The van der Waals surface area contributed by atoms with E-state index in [1.165, 1.54) is 5.69 Å². The van der Waals surface area contributed by atoms with Crippen molar-refractivity contribution in [3.63, 3.8) is 0 Å². The predicted octanol–water partition coefficient (Wildman–Crippen LogP) is 3.38. The van der Waals surface area contributed by atoms with Crippen molar-refractivity contribution < 1.29 is 14.1 Å². The van der Waals surface area contributed by atoms with E-state index in [2.05, 4.69) is 39.6 Å². The minimum atomic E-state index is -0.415. The SMILES string of the molecule is CN1CCN(c2ccc(NC(=O)Nc3ccc(B4OC(C)(C)C(C)(C)O4)cc3)cc2)CC1. The Hall–Kier alpha value is -2.55. The maximum absolute atomic E-state index is 12.4. The summed E-state index contributed by atoms with van der Waals surface area (Å²) in [4.78, 5) is 17.1. The van der Waals surface area contributed by atoms with Crippen LogP contribution in [0, 0.1) is 0 Å². The van der Waals surface area contributed by atoms with Gasteiger partial charge in [-0.25, -0.2) is 4.79 Å². The van der Waals surface area contributed by atoms with Crippen LogP contribution in [0.1, 0.15) is 27.7 Å². The number of hydrogen-bond donors (Lipinski definition) is 2. The average Bonchev–Trinajstić information content (AvgIpc) is 2.97. The number of piperazine rings is 1. The van der Waals surface area contributed by atoms with Gasteiger partial charge in [0.2, 0.25) is 0 Å². The minimum Gasteiger partial charge on any atom is -0.399 e. The highest BCUT2D eigenvalue weighted by Gasteiger charge is 2.51. The van der Waals surface area contributed by atoms with Crippen LogP contribution in [0.3, 0.4) is 0 Å². The Morgan fingerprint density at radius 1 is 0.812 bits per heavy atom. The van der Waals surface area contributed by atoms with Crippen LogP contribution < -0.4 is 21.0 Å². The zero-order valence-corrected chi connectivity index (χ0v) is 19.6. The Morgan fingerprint density at radius 3 is 1.78 bits per heavy atom. The van der Waals surface area contributed by atoms with Crippen molar-refractivity contribution in [1.82, 2.24) is 4.90 Å². The molecule has 2 aromatic carbocycles. The molecule has 2 N–H and O–H groups in total. The molecule has 2 aromatic rings. The first-order valence-corrected chi connectivity index (χ1v) is 11.2. The van der Waals surface area contributed by atoms with Crippen LogP contribution in [0.25, 0.3) is 0 Å². The highest BCUT2D eigenvalue weighted by atomic mass is 16.7. The zero-order chi connectivity index (χ0) is 22.9. The number of rotatable bonds is 4. The number of anilines is 3. The van der Waals surface area contributed by atoms with E-state index in [-0.39, 0.29) is 17.2 Å². The number of hydrogen-bond acceptors (Lipinski definition) is 5. The summed E-state index contributed by atoms with van der Waals surface area (Å²) in [5, 5.41) is 5.77. The number of urea groups is 1. The topological polar surface area (TPSA) is 66.1 Å². The first kappa shape index (κ1) is 22.6. The third kappa shape index (κ3) is 4.93. The number of carbonyl (C=O) groups excluding carboxylic acids is 1. The van der Waals surface area contributed by atoms with Gasteiger partial charge in [0.25, 0.3) is 0 Å². The van der Waals surface area contributed by atoms with Gasteiger partial charge in [0.1, 0.15) is 0 Å². The summed E-state index contributed by atoms with van der Waals surface area (Å²) in [6, 6.07) is 15.3. The maximum atomic E-state index is 12.4. The molecule has 32 heavy (non-hydrogen) atoms. The Kier molecular flexibility index (Phi) is 6.20. The second-order valence-corrected chi connectivity index (χ2v) is 9.63. The fraction of sp³-hybridized carbons (Fsp3) is 0.458. The summed E-state index contributed by atoms with van der Waals surface area (Å²) in [6.07, 6.45) is 0. The Bertz CT molecular complexity index is 923. The standard InChI is InChI=1S/C24H33BN4O3/c1-23(2)24(3,4)32-25(31-23)18-6-8-19(9-7-18)26-22(30)27-20-10-12-21(13-11-20)29-16-14-28(5)15-17-29/h6-13H,14-17H2,1-5H3,(H2,26,27,30). The van der Waals surface area contributed by atoms with Gasteiger partial charge in [-0.3, -0.25) is 0 Å². The molecule has 0 aliphatic carbocycles. The van der Waals surface area contributed by atoms with E-state index in [0.717, 1.165) is 37.3 Å². The molecular weight excluding hydrogens is 403 g/mol. The minimum absolute atomic E-state index is 0.277. The second kappa shape index (κ2) is 8.77. The summed E-state index contributed by atoms with van der Waals surface area (Å²) < 4.78 is 12.2. The third-order valence-corrected chi connectivity index (χ3v) is 6.69. The average molecular weight is 436 g/mol. The summed E-state index contributed by atoms with van der Waals surface area (Å²) in [5.74, 6) is 0. The number of benzene rings is 2. The molecule has 2 saturated heterocycles. The molecule has 7 nitrogen and oxygen atoms in total. The molecule has 0 unspecified atom stereocenters. The highest BCUT2D eigenvalue weighted by Crippen LogP contribution is 2.36. The zero-order valence-electron chi connectivity index (χ0n) is 19.6. The molecule has 0 atom stereocenters. The van der Waals surface area contributed by atoms with E-state index in [9.17, 15) is 4.79 Å². The predicted molar refractivity (Wildman–Crippen MR) is 131 cm³/mol. The van der Waals surface area contributed by atoms with E-state index >= 15 is 0 Å². The number of carbonyl (C=O) groups is 1. The summed E-state index contributed by atoms with van der Waals surface area (Å²) in [7, 11) is 1.73. The lowest BCUT2D eigenvalue weighted by Gasteiger charge is -2.34. The molecule has 0 bridgehead atoms. The van der Waals surface area contributed by atoms with Gasteiger partial charge in [-0.1, -0.05) is 12.1 Å². The monoisotopic (exact) mass is 436 g/mol. The van der Waals surface area contributed by atoms with Crippen molar-refractivity contribution >= 4 is 35.7 Å². The molecular formula is C24H33BN4O3. The normalized spacial score (nSPS) is 20.3. The number of likely N-dealkylation sites (N-methyl/N-ethyl adjacent to an activating group) is 1. The second-order valence-electron chi connectivity index (χ2n) is 9.63. The lowest BCUT2D eigenvalue weighted by molar-refractivity contribution is 0.00578. The molecule has 0 saturated carbocycles. The van der Waals surface area contributed by atoms with Gasteiger partial charge in [-0.15, -0.1) is 0 Å². The molecule has 0 spiro atoms. The van der Waals surface area contributed by atoms with Crippen molar-refractivity contribution in [2.75, 3.05) is 48.8 Å². The smallest absolute Gasteiger partial charge is 0.399 e. The number of nitrogens with zero attached hydrogens (tertiary/aromatic N) is 2. The molecule has 8 heteroatoms. The number of nitrogens with one attached hydrogen (secondary N) is 2. The quantitative estimate of drug-likeness (QED) is 0.720. The molecule has 170 valence electrons. The molecule has 2 aliphatic heterocycles. The first-order chi connectivity index (χ1) is 15.1. The molecule has 0 aromatic heterocycles. The van der Waals surface area contributed by atoms with Crippen LogP contribution in [-0.4, -0.2) is 62.5 Å². The number of amides is 2. The van der Waals surface area contributed by atoms with Crippen LogP contribution in [0.15, 0.2) is 48.5 Å². The molecule has 0 radical (unpaired) electrons. The molecule has 2 aliphatic rings. The highest BCUT2D eigenvalue weighted by molar-refractivity contribution is 6.62. The summed E-state index contributed by atoms with van der Waals surface area (Å²) >= 11 is 0. The van der Waals surface area contributed by atoms with Gasteiger partial charge >= 0.3 is 13.1 Å². The van der Waals surface area contributed by atoms with Crippen LogP contribution >= 0.6 is 0 Å². The van der Waals surface area contributed by atoms with Crippen molar-refractivity contribution in [1.29, 1.82) is 0 Å². The van der Waals surface area contributed by atoms with E-state index in [1.807, 2.05) is 64.1 Å². The summed E-state index contributed by atoms with van der Waals surface area (Å²) in [6.45, 7) is 12.3. The van der Waals surface area contributed by atoms with E-state index in [0.29, 0.717) is 5.69 Å². The Balaban J connectivity index is 1.31. The van der Waals surface area contributed by atoms with E-state index in [4.69, 9.17) is 9.31 Å². The van der Waals surface area contributed by atoms with Crippen molar-refractivity contribution in [2.45, 2.75) is 38.9 Å². The third-order valence-electron chi connectivity index (χ3n) is 6.69. The van der Waals surface area contributed by atoms with Crippen LogP contribution in [-0.2, 0) is 9.31 Å². The largest absolute Gasteiger partial charge is 0.494 e. The van der Waals surface area contributed by atoms with Crippen molar-refractivity contribution in [3.05, 3.63) is 48.5 Å². The van der Waals surface area contributed by atoms with E-state index in [1.54, 1.807) is 0 Å². The van der Waals surface area contributed by atoms with Crippen molar-refractivity contribution in [2.24, 2.45) is 0 Å². The first-order valence-electron chi connectivity index (χ1n) is 11.2. The van der Waals surface area contributed by atoms with Gasteiger partial charge in [0, 0.05) is 43.2 Å². The fourth-order valence-electron chi connectivity index (χ4n) is 3.82. The lowest BCUT2D eigenvalue weighted by Crippen LogP contribution is -2.44.